The Balaban J connectivity index is 1.51. The molecule has 168 valence electrons. The molecule has 12 heteroatoms. The van der Waals surface area contributed by atoms with Gasteiger partial charge in [-0.1, -0.05) is 11.6 Å². The second-order valence-electron chi connectivity index (χ2n) is 7.20. The molecule has 3 heterocycles. The van der Waals surface area contributed by atoms with Gasteiger partial charge in [-0.15, -0.1) is 0 Å². The molecule has 0 spiro atoms. The number of aromatic nitrogens is 4. The van der Waals surface area contributed by atoms with E-state index >= 15 is 0 Å². The zero-order valence-corrected chi connectivity index (χ0v) is 17.8. The summed E-state index contributed by atoms with van der Waals surface area (Å²) in [7, 11) is 1.54. The van der Waals surface area contributed by atoms with Crippen LogP contribution in [0.1, 0.15) is 33.1 Å². The molecule has 3 aromatic rings. The number of hydrogen-bond acceptors (Lipinski definition) is 5. The molecule has 1 fully saturated rings. The summed E-state index contributed by atoms with van der Waals surface area (Å²) in [6, 6.07) is 4.63. The maximum Gasteiger partial charge on any atom is 0.291 e. The van der Waals surface area contributed by atoms with Crippen molar-refractivity contribution in [1.29, 1.82) is 0 Å². The monoisotopic (exact) mass is 463 g/mol. The lowest BCUT2D eigenvalue weighted by molar-refractivity contribution is 0.0736. The summed E-state index contributed by atoms with van der Waals surface area (Å²) in [4.78, 5) is 31.2. The third kappa shape index (κ3) is 4.21. The number of H-pyrrole nitrogens is 1. The second-order valence-corrected chi connectivity index (χ2v) is 7.61. The summed E-state index contributed by atoms with van der Waals surface area (Å²) in [5, 5.41) is 12.0. The molecule has 1 aliphatic rings. The van der Waals surface area contributed by atoms with Gasteiger partial charge in [-0.05, 0) is 18.2 Å². The first-order chi connectivity index (χ1) is 15.4. The highest BCUT2D eigenvalue weighted by atomic mass is 35.5. The molecule has 0 unspecified atom stereocenters. The van der Waals surface area contributed by atoms with Crippen LogP contribution >= 0.6 is 11.6 Å². The van der Waals surface area contributed by atoms with Crippen LogP contribution in [0.5, 0.6) is 0 Å². The fraction of sp³-hybridized carbons (Fsp3) is 0.300. The van der Waals surface area contributed by atoms with E-state index in [4.69, 9.17) is 11.6 Å². The molecule has 0 radical (unpaired) electrons. The maximum atomic E-state index is 13.1. The first-order valence-corrected chi connectivity index (χ1v) is 10.2. The largest absolute Gasteiger partial charge is 0.336 e. The number of nitrogens with zero attached hydrogens (tertiary/aromatic N) is 4. The topological polar surface area (TPSA) is 108 Å². The Morgan fingerprint density at radius 3 is 2.69 bits per heavy atom. The Labute approximate surface area is 186 Å². The van der Waals surface area contributed by atoms with Crippen LogP contribution in [0.25, 0.3) is 11.3 Å². The number of nitrogens with one attached hydrogen (secondary N) is 3. The summed E-state index contributed by atoms with van der Waals surface area (Å²) in [6.45, 7) is 2.64. The Kier molecular flexibility index (Phi) is 6.19. The van der Waals surface area contributed by atoms with Gasteiger partial charge in [0.25, 0.3) is 18.2 Å². The lowest BCUT2D eigenvalue weighted by atomic mass is 10.1. The molecule has 1 saturated heterocycles. The highest BCUT2D eigenvalue weighted by Gasteiger charge is 2.24. The highest BCUT2D eigenvalue weighted by molar-refractivity contribution is 6.34. The minimum Gasteiger partial charge on any atom is -0.336 e. The van der Waals surface area contributed by atoms with Crippen molar-refractivity contribution >= 4 is 29.1 Å². The Morgan fingerprint density at radius 1 is 1.25 bits per heavy atom. The van der Waals surface area contributed by atoms with Crippen molar-refractivity contribution in [2.24, 2.45) is 7.05 Å². The van der Waals surface area contributed by atoms with Gasteiger partial charge in [0.15, 0.2) is 5.82 Å². The van der Waals surface area contributed by atoms with E-state index in [9.17, 15) is 18.4 Å². The van der Waals surface area contributed by atoms with Crippen molar-refractivity contribution < 1.29 is 18.4 Å². The maximum absolute atomic E-state index is 13.1. The van der Waals surface area contributed by atoms with Gasteiger partial charge in [0.05, 0.1) is 22.5 Å². The molecule has 2 aromatic heterocycles. The van der Waals surface area contributed by atoms with Crippen LogP contribution < -0.4 is 10.6 Å². The van der Waals surface area contributed by atoms with Crippen LogP contribution in [0.15, 0.2) is 30.6 Å². The third-order valence-electron chi connectivity index (χ3n) is 5.21. The molecular formula is C20H20ClF2N7O2. The quantitative estimate of drug-likeness (QED) is 0.539. The lowest BCUT2D eigenvalue weighted by Gasteiger charge is -2.27. The lowest BCUT2D eigenvalue weighted by Crippen LogP contribution is -2.46. The fourth-order valence-corrected chi connectivity index (χ4v) is 3.80. The molecule has 0 atom stereocenters. The normalized spacial score (nSPS) is 14.1. The zero-order chi connectivity index (χ0) is 22.8. The smallest absolute Gasteiger partial charge is 0.291 e. The van der Waals surface area contributed by atoms with E-state index in [2.05, 4.69) is 25.8 Å². The van der Waals surface area contributed by atoms with E-state index in [-0.39, 0.29) is 22.3 Å². The number of amides is 2. The SMILES string of the molecule is Cn1c(-c2c[nH]nc2C(F)F)cnc1C(=O)Nc1ccc(C(=O)N2CCNCC2)c(Cl)c1. The number of hydrogen-bond donors (Lipinski definition) is 3. The van der Waals surface area contributed by atoms with Crippen LogP contribution in [0.2, 0.25) is 5.02 Å². The predicted octanol–water partition coefficient (Wildman–Crippen LogP) is 2.70. The molecule has 0 bridgehead atoms. The molecule has 32 heavy (non-hydrogen) atoms. The number of alkyl halides is 2. The number of halogens is 3. The molecule has 9 nitrogen and oxygen atoms in total. The van der Waals surface area contributed by atoms with Gasteiger partial charge in [0, 0.05) is 50.7 Å². The number of carbonyl (C=O) groups excluding carboxylic acids is 2. The summed E-state index contributed by atoms with van der Waals surface area (Å²) in [6.07, 6.45) is -0.116. The zero-order valence-electron chi connectivity index (χ0n) is 17.0. The molecule has 4 rings (SSSR count). The number of imidazole rings is 1. The molecule has 1 aliphatic heterocycles. The average Bonchev–Trinajstić information content (AvgIpc) is 3.40. The molecule has 1 aromatic carbocycles. The third-order valence-corrected chi connectivity index (χ3v) is 5.52. The van der Waals surface area contributed by atoms with Crippen LogP contribution in [-0.4, -0.2) is 62.6 Å². The first-order valence-electron chi connectivity index (χ1n) is 9.81. The van der Waals surface area contributed by atoms with Gasteiger partial charge >= 0.3 is 0 Å². The summed E-state index contributed by atoms with van der Waals surface area (Å²) < 4.78 is 27.7. The summed E-state index contributed by atoms with van der Waals surface area (Å²) >= 11 is 6.31. The van der Waals surface area contributed by atoms with Crippen molar-refractivity contribution in [1.82, 2.24) is 30.0 Å². The van der Waals surface area contributed by atoms with Crippen LogP contribution in [-0.2, 0) is 7.05 Å². The van der Waals surface area contributed by atoms with Gasteiger partial charge in [-0.3, -0.25) is 14.7 Å². The van der Waals surface area contributed by atoms with Gasteiger partial charge in [-0.2, -0.15) is 5.10 Å². The highest BCUT2D eigenvalue weighted by Crippen LogP contribution is 2.29. The summed E-state index contributed by atoms with van der Waals surface area (Å²) in [5.74, 6) is -0.713. The van der Waals surface area contributed by atoms with Gasteiger partial charge in [0.1, 0.15) is 5.69 Å². The van der Waals surface area contributed by atoms with Crippen LogP contribution in [0.4, 0.5) is 14.5 Å². The van der Waals surface area contributed by atoms with Crippen molar-refractivity contribution in [3.05, 3.63) is 52.7 Å². The van der Waals surface area contributed by atoms with E-state index in [0.29, 0.717) is 30.0 Å². The number of carbonyl (C=O) groups is 2. The van der Waals surface area contributed by atoms with Crippen molar-refractivity contribution in [2.75, 3.05) is 31.5 Å². The minimum atomic E-state index is -2.77. The molecular weight excluding hydrogens is 444 g/mol. The van der Waals surface area contributed by atoms with Crippen molar-refractivity contribution in [2.45, 2.75) is 6.43 Å². The van der Waals surface area contributed by atoms with Gasteiger partial charge in [-0.25, -0.2) is 13.8 Å². The van der Waals surface area contributed by atoms with E-state index in [1.165, 1.54) is 23.0 Å². The molecule has 0 saturated carbocycles. The summed E-state index contributed by atoms with van der Waals surface area (Å²) in [5.41, 5.74) is 0.780. The Hall–Kier alpha value is -3.31. The van der Waals surface area contributed by atoms with E-state index in [0.717, 1.165) is 13.1 Å². The Morgan fingerprint density at radius 2 is 2.00 bits per heavy atom. The van der Waals surface area contributed by atoms with Gasteiger partial charge < -0.3 is 20.1 Å². The fourth-order valence-electron chi connectivity index (χ4n) is 3.53. The van der Waals surface area contributed by atoms with Crippen LogP contribution in [0.3, 0.4) is 0 Å². The number of anilines is 1. The second kappa shape index (κ2) is 9.05. The standard InChI is InChI=1S/C20H20ClF2N7O2/c1-29-15(13-9-26-28-16(13)17(22)23)10-25-18(29)19(31)27-11-2-3-12(14(21)8-11)20(32)30-6-4-24-5-7-30/h2-3,8-10,17,24H,4-7H2,1H3,(H,26,28)(H,27,31). The van der Waals surface area contributed by atoms with E-state index in [1.54, 1.807) is 24.1 Å². The average molecular weight is 464 g/mol. The number of rotatable bonds is 5. The van der Waals surface area contributed by atoms with Crippen molar-refractivity contribution in [3.63, 3.8) is 0 Å². The predicted molar refractivity (Wildman–Crippen MR) is 114 cm³/mol. The molecule has 2 amide bonds. The van der Waals surface area contributed by atoms with Crippen LogP contribution in [0, 0.1) is 0 Å². The van der Waals surface area contributed by atoms with Gasteiger partial charge in [0.2, 0.25) is 0 Å². The van der Waals surface area contributed by atoms with Crippen molar-refractivity contribution in [3.8, 4) is 11.3 Å². The number of aromatic amines is 1. The molecule has 3 N–H and O–H groups in total. The minimum absolute atomic E-state index is 0.0125. The number of piperazine rings is 1. The first kappa shape index (κ1) is 21.9. The van der Waals surface area contributed by atoms with E-state index < -0.39 is 18.0 Å². The molecule has 0 aliphatic carbocycles. The number of benzene rings is 1. The Bertz CT molecular complexity index is 1150. The van der Waals surface area contributed by atoms with E-state index in [1.807, 2.05) is 0 Å².